The van der Waals surface area contributed by atoms with Crippen molar-refractivity contribution in [1.82, 2.24) is 0 Å². The van der Waals surface area contributed by atoms with Crippen LogP contribution in [-0.4, -0.2) is 169 Å². The maximum absolute atomic E-state index is 11.2. The van der Waals surface area contributed by atoms with Crippen LogP contribution in [0.2, 0.25) is 0 Å². The summed E-state index contributed by atoms with van der Waals surface area (Å²) in [6.07, 6.45) is 4.33. The van der Waals surface area contributed by atoms with E-state index in [1.165, 1.54) is 0 Å². The van der Waals surface area contributed by atoms with Crippen molar-refractivity contribution in [1.29, 1.82) is 0 Å². The summed E-state index contributed by atoms with van der Waals surface area (Å²) in [4.78, 5) is 44.8. The fraction of sp³-hybridized carbons (Fsp3) is 0.684. The summed E-state index contributed by atoms with van der Waals surface area (Å²) in [5.41, 5.74) is -1.15. The predicted molar refractivity (Wildman–Crippen MR) is 198 cm³/mol. The van der Waals surface area contributed by atoms with Crippen LogP contribution in [0.15, 0.2) is 50.6 Å². The molecule has 0 unspecified atom stereocenters. The summed E-state index contributed by atoms with van der Waals surface area (Å²) in [5, 5.41) is 0. The molecule has 0 heterocycles. The molecule has 55 heavy (non-hydrogen) atoms. The van der Waals surface area contributed by atoms with Crippen molar-refractivity contribution in [2.24, 2.45) is 10.8 Å². The van der Waals surface area contributed by atoms with Crippen molar-refractivity contribution in [3.63, 3.8) is 0 Å². The van der Waals surface area contributed by atoms with Gasteiger partial charge in [0.25, 0.3) is 0 Å². The Hall–Kier alpha value is -3.52. The molecule has 0 aliphatic heterocycles. The molecule has 0 aromatic carbocycles. The van der Waals surface area contributed by atoms with E-state index in [0.29, 0.717) is 26.4 Å². The molecule has 17 nitrogen and oxygen atoms in total. The van der Waals surface area contributed by atoms with Gasteiger partial charge >= 0.3 is 23.9 Å². The highest BCUT2D eigenvalue weighted by Crippen LogP contribution is 2.24. The quantitative estimate of drug-likeness (QED) is 0.0379. The van der Waals surface area contributed by atoms with Crippen LogP contribution in [0.1, 0.15) is 13.8 Å². The highest BCUT2D eigenvalue weighted by Gasteiger charge is 2.33. The van der Waals surface area contributed by atoms with E-state index in [1.807, 2.05) is 13.8 Å². The van der Waals surface area contributed by atoms with E-state index in [-0.39, 0.29) is 124 Å². The SMILES string of the molecule is C=CC(=O)OCCOCCOCC(C)(C)COCC(COCCOCCOC(=O)C=C)(COCCOCCOC(=O)C=C)COCCOCCOC(=O)C=C. The summed E-state index contributed by atoms with van der Waals surface area (Å²) in [7, 11) is 0. The first-order valence-electron chi connectivity index (χ1n) is 17.9. The molecule has 0 saturated carbocycles. The van der Waals surface area contributed by atoms with E-state index in [2.05, 4.69) is 26.3 Å². The van der Waals surface area contributed by atoms with E-state index in [0.717, 1.165) is 24.3 Å². The molecule has 0 bridgehead atoms. The van der Waals surface area contributed by atoms with E-state index < -0.39 is 29.3 Å². The third-order valence-corrected chi connectivity index (χ3v) is 6.66. The summed E-state index contributed by atoms with van der Waals surface area (Å²) >= 11 is 0. The summed E-state index contributed by atoms with van der Waals surface area (Å²) in [5.74, 6) is -2.10. The zero-order valence-electron chi connectivity index (χ0n) is 32.6. The highest BCUT2D eigenvalue weighted by molar-refractivity contribution is 5.82. The largest absolute Gasteiger partial charge is 0.460 e. The van der Waals surface area contributed by atoms with Crippen LogP contribution in [-0.2, 0) is 80.8 Å². The first-order valence-corrected chi connectivity index (χ1v) is 17.9. The summed E-state index contributed by atoms with van der Waals surface area (Å²) in [6, 6.07) is 0. The lowest BCUT2D eigenvalue weighted by Gasteiger charge is -2.34. The Labute approximate surface area is 325 Å². The number of hydrogen-bond donors (Lipinski definition) is 0. The van der Waals surface area contributed by atoms with Gasteiger partial charge in [-0.05, 0) is 0 Å². The zero-order chi connectivity index (χ0) is 40.9. The number of esters is 4. The van der Waals surface area contributed by atoms with E-state index in [9.17, 15) is 19.2 Å². The Bertz CT molecular complexity index is 989. The zero-order valence-corrected chi connectivity index (χ0v) is 32.6. The van der Waals surface area contributed by atoms with E-state index in [1.54, 1.807) is 0 Å². The first kappa shape index (κ1) is 51.5. The van der Waals surface area contributed by atoms with Gasteiger partial charge < -0.3 is 61.6 Å². The molecule has 0 aromatic heterocycles. The number of hydrogen-bond acceptors (Lipinski definition) is 17. The molecular formula is C38H62O17. The normalized spacial score (nSPS) is 11.4. The Balaban J connectivity index is 5.26. The molecule has 0 spiro atoms. The van der Waals surface area contributed by atoms with Crippen molar-refractivity contribution < 1.29 is 80.8 Å². The Kier molecular flexibility index (Phi) is 32.7. The van der Waals surface area contributed by atoms with Crippen molar-refractivity contribution >= 4 is 23.9 Å². The predicted octanol–water partition coefficient (Wildman–Crippen LogP) is 2.07. The average molecular weight is 791 g/mol. The van der Waals surface area contributed by atoms with Crippen molar-refractivity contribution in [3.8, 4) is 0 Å². The van der Waals surface area contributed by atoms with Gasteiger partial charge in [0.05, 0.1) is 124 Å². The third kappa shape index (κ3) is 32.4. The van der Waals surface area contributed by atoms with Gasteiger partial charge in [0.1, 0.15) is 26.4 Å². The highest BCUT2D eigenvalue weighted by atomic mass is 16.6. The van der Waals surface area contributed by atoms with Gasteiger partial charge in [0, 0.05) is 29.7 Å². The molecule has 0 N–H and O–H groups in total. The molecule has 0 radical (unpaired) electrons. The average Bonchev–Trinajstić information content (AvgIpc) is 3.18. The Morgan fingerprint density at radius 1 is 0.345 bits per heavy atom. The maximum atomic E-state index is 11.2. The van der Waals surface area contributed by atoms with Crippen LogP contribution in [0, 0.1) is 10.8 Å². The maximum Gasteiger partial charge on any atom is 0.330 e. The molecular weight excluding hydrogens is 728 g/mol. The summed E-state index contributed by atoms with van der Waals surface area (Å²) < 4.78 is 71.7. The second-order valence-corrected chi connectivity index (χ2v) is 12.3. The first-order chi connectivity index (χ1) is 26.5. The topological polar surface area (TPSA) is 188 Å². The van der Waals surface area contributed by atoms with Gasteiger partial charge in [-0.1, -0.05) is 40.2 Å². The van der Waals surface area contributed by atoms with Crippen LogP contribution in [0.3, 0.4) is 0 Å². The van der Waals surface area contributed by atoms with Gasteiger partial charge in [-0.2, -0.15) is 0 Å². The monoisotopic (exact) mass is 790 g/mol. The third-order valence-electron chi connectivity index (χ3n) is 6.66. The second-order valence-electron chi connectivity index (χ2n) is 12.3. The summed E-state index contributed by atoms with van der Waals surface area (Å²) in [6.45, 7) is 22.1. The van der Waals surface area contributed by atoms with Crippen LogP contribution in [0.4, 0.5) is 0 Å². The molecule has 0 atom stereocenters. The molecule has 0 aliphatic carbocycles. The second kappa shape index (κ2) is 34.9. The minimum absolute atomic E-state index is 0.0849. The van der Waals surface area contributed by atoms with Crippen molar-refractivity contribution in [2.45, 2.75) is 13.8 Å². The Morgan fingerprint density at radius 3 is 0.855 bits per heavy atom. The lowest BCUT2D eigenvalue weighted by Crippen LogP contribution is -2.43. The fourth-order valence-corrected chi connectivity index (χ4v) is 3.97. The number of carbonyl (C=O) groups is 4. The lowest BCUT2D eigenvalue weighted by molar-refractivity contribution is -0.140. The number of rotatable bonds is 40. The minimum Gasteiger partial charge on any atom is -0.460 e. The van der Waals surface area contributed by atoms with Crippen molar-refractivity contribution in [3.05, 3.63) is 50.6 Å². The van der Waals surface area contributed by atoms with Gasteiger partial charge in [-0.3, -0.25) is 0 Å². The molecule has 17 heteroatoms. The molecule has 0 aromatic rings. The van der Waals surface area contributed by atoms with Gasteiger partial charge in [0.2, 0.25) is 0 Å². The van der Waals surface area contributed by atoms with Gasteiger partial charge in [-0.25, -0.2) is 19.2 Å². The van der Waals surface area contributed by atoms with Crippen LogP contribution in [0.5, 0.6) is 0 Å². The molecule has 0 rings (SSSR count). The van der Waals surface area contributed by atoms with Crippen LogP contribution >= 0.6 is 0 Å². The smallest absolute Gasteiger partial charge is 0.330 e. The van der Waals surface area contributed by atoms with E-state index in [4.69, 9.17) is 61.6 Å². The molecule has 0 fully saturated rings. The molecule has 0 amide bonds. The number of carbonyl (C=O) groups excluding carboxylic acids is 4. The standard InChI is InChI=1S/C38H62O17/c1-7-33(39)52-23-19-43-11-15-47-27-37(5,6)28-51-32-38(29-48-16-12-44-20-24-53-34(40)8-2,30-49-17-13-45-21-25-54-35(41)9-3)31-50-18-14-46-22-26-55-36(42)10-4/h7-10H,1-4,11-32H2,5-6H3. The van der Waals surface area contributed by atoms with Crippen LogP contribution in [0.25, 0.3) is 0 Å². The van der Waals surface area contributed by atoms with E-state index >= 15 is 0 Å². The minimum atomic E-state index is -0.779. The molecule has 0 saturated heterocycles. The van der Waals surface area contributed by atoms with Gasteiger partial charge in [0.15, 0.2) is 0 Å². The fourth-order valence-electron chi connectivity index (χ4n) is 3.97. The molecule has 316 valence electrons. The Morgan fingerprint density at radius 2 is 0.564 bits per heavy atom. The van der Waals surface area contributed by atoms with Crippen LogP contribution < -0.4 is 0 Å². The molecule has 0 aliphatic rings. The number of ether oxygens (including phenoxy) is 13. The lowest BCUT2D eigenvalue weighted by atomic mass is 9.91. The van der Waals surface area contributed by atoms with Crippen molar-refractivity contribution in [2.75, 3.05) is 145 Å². The van der Waals surface area contributed by atoms with Gasteiger partial charge in [-0.15, -0.1) is 0 Å².